The van der Waals surface area contributed by atoms with E-state index in [9.17, 15) is 9.59 Å². The normalized spacial score (nSPS) is 15.3. The molecule has 1 amide bonds. The summed E-state index contributed by atoms with van der Waals surface area (Å²) in [7, 11) is 0. The van der Waals surface area contributed by atoms with Gasteiger partial charge in [0.1, 0.15) is 0 Å². The summed E-state index contributed by atoms with van der Waals surface area (Å²) in [5, 5.41) is 8.85. The number of hydrogen-bond donors (Lipinski definition) is 0. The van der Waals surface area contributed by atoms with Crippen LogP contribution in [0.2, 0.25) is 0 Å². The number of carbonyl (C=O) groups excluding carboxylic acids is 1. The third kappa shape index (κ3) is 4.29. The summed E-state index contributed by atoms with van der Waals surface area (Å²) < 4.78 is 1.45. The minimum Gasteiger partial charge on any atom is -0.335 e. The summed E-state index contributed by atoms with van der Waals surface area (Å²) in [4.78, 5) is 34.9. The quantitative estimate of drug-likeness (QED) is 0.629. The van der Waals surface area contributed by atoms with E-state index in [1.54, 1.807) is 17.4 Å². The number of benzene rings is 1. The topological polar surface area (TPSA) is 71.3 Å². The molecule has 1 aliphatic heterocycles. The third-order valence-corrected chi connectivity index (χ3v) is 6.14. The maximum atomic E-state index is 13.4. The first kappa shape index (κ1) is 20.7. The summed E-state index contributed by atoms with van der Waals surface area (Å²) in [6, 6.07) is 7.27. The van der Waals surface area contributed by atoms with Crippen LogP contribution < -0.4 is 5.56 Å². The number of nitrogens with zero attached hydrogens (tertiary/aromatic N) is 5. The molecule has 0 spiro atoms. The number of hydrogen-bond acceptors (Lipinski definition) is 6. The van der Waals surface area contributed by atoms with Crippen molar-refractivity contribution in [2.75, 3.05) is 26.2 Å². The molecule has 0 aliphatic carbocycles. The highest BCUT2D eigenvalue weighted by atomic mass is 32.1. The van der Waals surface area contributed by atoms with Crippen molar-refractivity contribution < 1.29 is 4.79 Å². The van der Waals surface area contributed by atoms with Gasteiger partial charge in [-0.25, -0.2) is 9.67 Å². The van der Waals surface area contributed by atoms with Crippen LogP contribution in [0.3, 0.4) is 0 Å². The molecule has 158 valence electrons. The molecule has 1 aliphatic rings. The molecule has 0 saturated carbocycles. The Balaban J connectivity index is 1.54. The molecule has 30 heavy (non-hydrogen) atoms. The minimum absolute atomic E-state index is 0.104. The number of aromatic nitrogens is 3. The molecule has 7 nitrogen and oxygen atoms in total. The standard InChI is InChI=1S/C22H27N5O2S/c1-15(2)12-27-21(28)19-7-5-4-6-18(19)20(24-27)22(29)26-10-8-25(9-11-26)13-17-14-30-16(3)23-17/h4-7,14-15H,8-13H2,1-3H3. The van der Waals surface area contributed by atoms with Gasteiger partial charge in [0, 0.05) is 50.0 Å². The zero-order valence-electron chi connectivity index (χ0n) is 17.7. The average molecular weight is 426 g/mol. The molecule has 4 rings (SSSR count). The molecule has 0 radical (unpaired) electrons. The Hall–Kier alpha value is -2.58. The molecule has 1 saturated heterocycles. The summed E-state index contributed by atoms with van der Waals surface area (Å²) >= 11 is 1.66. The van der Waals surface area contributed by atoms with Gasteiger partial charge < -0.3 is 4.90 Å². The second-order valence-electron chi connectivity index (χ2n) is 8.20. The van der Waals surface area contributed by atoms with Crippen LogP contribution in [0.5, 0.6) is 0 Å². The number of rotatable bonds is 5. The lowest BCUT2D eigenvalue weighted by Gasteiger charge is -2.34. The van der Waals surface area contributed by atoms with E-state index in [1.807, 2.05) is 43.9 Å². The van der Waals surface area contributed by atoms with Gasteiger partial charge in [-0.2, -0.15) is 5.10 Å². The van der Waals surface area contributed by atoms with Gasteiger partial charge in [0.25, 0.3) is 11.5 Å². The van der Waals surface area contributed by atoms with E-state index in [0.717, 1.165) is 30.3 Å². The highest BCUT2D eigenvalue weighted by Crippen LogP contribution is 2.18. The van der Waals surface area contributed by atoms with Gasteiger partial charge in [-0.05, 0) is 18.9 Å². The monoisotopic (exact) mass is 425 g/mol. The molecule has 2 aromatic heterocycles. The van der Waals surface area contributed by atoms with Gasteiger partial charge in [-0.1, -0.05) is 32.0 Å². The van der Waals surface area contributed by atoms with Crippen LogP contribution in [0.4, 0.5) is 0 Å². The van der Waals surface area contributed by atoms with Crippen molar-refractivity contribution in [2.45, 2.75) is 33.9 Å². The Morgan fingerprint density at radius 1 is 1.13 bits per heavy atom. The van der Waals surface area contributed by atoms with Gasteiger partial charge in [0.2, 0.25) is 0 Å². The highest BCUT2D eigenvalue weighted by Gasteiger charge is 2.26. The molecule has 0 N–H and O–H groups in total. The van der Waals surface area contributed by atoms with Crippen LogP contribution in [0.25, 0.3) is 10.8 Å². The van der Waals surface area contributed by atoms with E-state index in [-0.39, 0.29) is 17.4 Å². The van der Waals surface area contributed by atoms with Gasteiger partial charge >= 0.3 is 0 Å². The van der Waals surface area contributed by atoms with Gasteiger partial charge in [-0.3, -0.25) is 14.5 Å². The minimum atomic E-state index is -0.140. The fraction of sp³-hybridized carbons (Fsp3) is 0.455. The third-order valence-electron chi connectivity index (χ3n) is 5.32. The first-order chi connectivity index (χ1) is 14.4. The predicted molar refractivity (Wildman–Crippen MR) is 119 cm³/mol. The lowest BCUT2D eigenvalue weighted by molar-refractivity contribution is 0.0621. The van der Waals surface area contributed by atoms with Crippen molar-refractivity contribution in [1.29, 1.82) is 0 Å². The number of piperazine rings is 1. The Morgan fingerprint density at radius 3 is 2.47 bits per heavy atom. The van der Waals surface area contributed by atoms with Crippen LogP contribution >= 0.6 is 11.3 Å². The zero-order valence-corrected chi connectivity index (χ0v) is 18.5. The largest absolute Gasteiger partial charge is 0.335 e. The number of thiazole rings is 1. The molecule has 1 aromatic carbocycles. The lowest BCUT2D eigenvalue weighted by Crippen LogP contribution is -2.48. The molecule has 0 unspecified atom stereocenters. The van der Waals surface area contributed by atoms with Crippen molar-refractivity contribution in [3.05, 3.63) is 56.4 Å². The highest BCUT2D eigenvalue weighted by molar-refractivity contribution is 7.09. The molecule has 0 atom stereocenters. The van der Waals surface area contributed by atoms with Crippen LogP contribution in [-0.4, -0.2) is 56.7 Å². The van der Waals surface area contributed by atoms with E-state index in [1.165, 1.54) is 4.68 Å². The molecular formula is C22H27N5O2S. The maximum Gasteiger partial charge on any atom is 0.275 e. The van der Waals surface area contributed by atoms with Gasteiger partial charge in [-0.15, -0.1) is 11.3 Å². The Morgan fingerprint density at radius 2 is 1.83 bits per heavy atom. The van der Waals surface area contributed by atoms with E-state index in [4.69, 9.17) is 0 Å². The van der Waals surface area contributed by atoms with Gasteiger partial charge in [0.05, 0.1) is 16.1 Å². The Kier molecular flexibility index (Phi) is 5.97. The number of fused-ring (bicyclic) bond motifs is 1. The van der Waals surface area contributed by atoms with E-state index in [2.05, 4.69) is 20.4 Å². The Bertz CT molecular complexity index is 1110. The van der Waals surface area contributed by atoms with Crippen molar-refractivity contribution >= 4 is 28.0 Å². The maximum absolute atomic E-state index is 13.4. The molecule has 8 heteroatoms. The molecule has 3 aromatic rings. The van der Waals surface area contributed by atoms with Crippen LogP contribution in [0, 0.1) is 12.8 Å². The molecule has 3 heterocycles. The first-order valence-electron chi connectivity index (χ1n) is 10.3. The van der Waals surface area contributed by atoms with Crippen LogP contribution in [0.1, 0.15) is 35.0 Å². The molecule has 0 bridgehead atoms. The predicted octanol–water partition coefficient (Wildman–Crippen LogP) is 2.78. The van der Waals surface area contributed by atoms with Crippen molar-refractivity contribution in [3.8, 4) is 0 Å². The van der Waals surface area contributed by atoms with Crippen molar-refractivity contribution in [3.63, 3.8) is 0 Å². The van der Waals surface area contributed by atoms with Gasteiger partial charge in [0.15, 0.2) is 5.69 Å². The first-order valence-corrected chi connectivity index (χ1v) is 11.2. The lowest BCUT2D eigenvalue weighted by atomic mass is 10.1. The van der Waals surface area contributed by atoms with Crippen LogP contribution in [-0.2, 0) is 13.1 Å². The summed E-state index contributed by atoms with van der Waals surface area (Å²) in [5.74, 6) is 0.157. The zero-order chi connectivity index (χ0) is 21.3. The van der Waals surface area contributed by atoms with E-state index in [0.29, 0.717) is 36.1 Å². The smallest absolute Gasteiger partial charge is 0.275 e. The SMILES string of the molecule is Cc1nc(CN2CCN(C(=O)c3nn(CC(C)C)c(=O)c4ccccc34)CC2)cs1. The number of aryl methyl sites for hydroxylation is 1. The van der Waals surface area contributed by atoms with E-state index < -0.39 is 0 Å². The van der Waals surface area contributed by atoms with Crippen LogP contribution in [0.15, 0.2) is 34.4 Å². The second-order valence-corrected chi connectivity index (χ2v) is 9.26. The molecular weight excluding hydrogens is 398 g/mol. The Labute approximate surface area is 179 Å². The second kappa shape index (κ2) is 8.65. The summed E-state index contributed by atoms with van der Waals surface area (Å²) in [6.07, 6.45) is 0. The fourth-order valence-electron chi connectivity index (χ4n) is 3.83. The van der Waals surface area contributed by atoms with Crippen molar-refractivity contribution in [2.24, 2.45) is 5.92 Å². The molecule has 1 fully saturated rings. The number of carbonyl (C=O) groups is 1. The summed E-state index contributed by atoms with van der Waals surface area (Å²) in [5.41, 5.74) is 1.32. The van der Waals surface area contributed by atoms with E-state index >= 15 is 0 Å². The summed E-state index contributed by atoms with van der Waals surface area (Å²) in [6.45, 7) is 10.3. The van der Waals surface area contributed by atoms with Crippen molar-refractivity contribution in [1.82, 2.24) is 24.6 Å². The fourth-order valence-corrected chi connectivity index (χ4v) is 4.44. The number of amides is 1. The average Bonchev–Trinajstić information content (AvgIpc) is 3.14.